The first-order chi connectivity index (χ1) is 13.3. The van der Waals surface area contributed by atoms with Gasteiger partial charge in [0.25, 0.3) is 0 Å². The number of nitrogens with zero attached hydrogens (tertiary/aromatic N) is 3. The molecule has 0 saturated heterocycles. The monoisotopic (exact) mass is 436 g/mol. The Bertz CT molecular complexity index is 1200. The Morgan fingerprint density at radius 2 is 1.83 bits per heavy atom. The number of hydrogen-bond donors (Lipinski definition) is 1. The summed E-state index contributed by atoms with van der Waals surface area (Å²) in [7, 11) is -2.39. The molecule has 6 nitrogen and oxygen atoms in total. The molecule has 156 valence electrons. The van der Waals surface area contributed by atoms with Gasteiger partial charge in [-0.25, -0.2) is 13.4 Å². The van der Waals surface area contributed by atoms with Crippen molar-refractivity contribution in [2.45, 2.75) is 23.9 Å². The maximum atomic E-state index is 13.7. The van der Waals surface area contributed by atoms with Gasteiger partial charge in [-0.15, -0.1) is 0 Å². The van der Waals surface area contributed by atoms with E-state index in [1.165, 1.54) is 30.7 Å². The first kappa shape index (κ1) is 21.0. The first-order valence-electron chi connectivity index (χ1n) is 8.19. The zero-order valence-electron chi connectivity index (χ0n) is 15.1. The predicted octanol–water partition coefficient (Wildman–Crippen LogP) is 3.21. The smallest absolute Gasteiger partial charge is 0.322 e. The number of hydrogen-bond acceptors (Lipinski definition) is 4. The molecule has 0 aliphatic heterocycles. The standard InChI is InChI=1S/C17H15F5N3O3S/c1-3-29(27,28)13-5-4-8-25(26)14(13)15-23-11-9-10(6-7-12(11)24(15)2)16(18,19)17(20,21)22/h4-9,26H,3H2,1-2H3/q+1. The Labute approximate surface area is 161 Å². The molecular formula is C17H15F5N3O3S+. The normalized spacial score (nSPS) is 13.2. The summed E-state index contributed by atoms with van der Waals surface area (Å²) in [6, 6.07) is 4.77. The van der Waals surface area contributed by atoms with E-state index in [-0.39, 0.29) is 33.2 Å². The molecule has 0 amide bonds. The molecule has 0 fully saturated rings. The second-order valence-electron chi connectivity index (χ2n) is 6.24. The fourth-order valence-corrected chi connectivity index (χ4v) is 3.94. The van der Waals surface area contributed by atoms with Crippen LogP contribution in [0.4, 0.5) is 22.0 Å². The Morgan fingerprint density at radius 3 is 2.41 bits per heavy atom. The zero-order chi connectivity index (χ0) is 21.8. The number of aromatic nitrogens is 3. The number of benzene rings is 1. The molecule has 2 aromatic heterocycles. The highest BCUT2D eigenvalue weighted by Gasteiger charge is 2.58. The van der Waals surface area contributed by atoms with Crippen LogP contribution in [0.5, 0.6) is 0 Å². The second kappa shape index (κ2) is 6.65. The van der Waals surface area contributed by atoms with Crippen molar-refractivity contribution in [1.29, 1.82) is 0 Å². The van der Waals surface area contributed by atoms with Gasteiger partial charge in [-0.05, 0) is 18.2 Å². The van der Waals surface area contributed by atoms with E-state index in [4.69, 9.17) is 0 Å². The summed E-state index contributed by atoms with van der Waals surface area (Å²) in [5, 5.41) is 10.2. The van der Waals surface area contributed by atoms with Gasteiger partial charge in [0.15, 0.2) is 9.84 Å². The average molecular weight is 436 g/mol. The molecule has 0 aliphatic carbocycles. The highest BCUT2D eigenvalue weighted by molar-refractivity contribution is 7.91. The number of aryl methyl sites for hydroxylation is 1. The van der Waals surface area contributed by atoms with Crippen LogP contribution in [0.1, 0.15) is 12.5 Å². The molecule has 0 atom stereocenters. The van der Waals surface area contributed by atoms with Crippen molar-refractivity contribution in [1.82, 2.24) is 9.55 Å². The summed E-state index contributed by atoms with van der Waals surface area (Å²) in [6.45, 7) is 1.40. The number of alkyl halides is 5. The van der Waals surface area contributed by atoms with Crippen LogP contribution in [0.3, 0.4) is 0 Å². The summed E-state index contributed by atoms with van der Waals surface area (Å²) in [4.78, 5) is 3.77. The number of fused-ring (bicyclic) bond motifs is 1. The molecule has 0 bridgehead atoms. The molecule has 0 aliphatic rings. The minimum Gasteiger partial charge on any atom is -0.322 e. The van der Waals surface area contributed by atoms with Gasteiger partial charge in [-0.2, -0.15) is 22.0 Å². The van der Waals surface area contributed by atoms with Crippen molar-refractivity contribution in [3.05, 3.63) is 42.1 Å². The van der Waals surface area contributed by atoms with Gasteiger partial charge >= 0.3 is 17.8 Å². The van der Waals surface area contributed by atoms with Gasteiger partial charge in [0.05, 0.1) is 16.8 Å². The predicted molar refractivity (Wildman–Crippen MR) is 91.2 cm³/mol. The molecule has 1 N–H and O–H groups in total. The van der Waals surface area contributed by atoms with E-state index in [0.717, 1.165) is 12.3 Å². The quantitative estimate of drug-likeness (QED) is 0.387. The number of sulfone groups is 1. The van der Waals surface area contributed by atoms with Gasteiger partial charge in [0.2, 0.25) is 12.0 Å². The maximum Gasteiger partial charge on any atom is 0.458 e. The van der Waals surface area contributed by atoms with Crippen molar-refractivity contribution in [2.75, 3.05) is 5.75 Å². The Hall–Kier alpha value is -2.76. The Kier molecular flexibility index (Phi) is 4.80. The molecule has 3 aromatic rings. The van der Waals surface area contributed by atoms with E-state index in [1.54, 1.807) is 0 Å². The summed E-state index contributed by atoms with van der Waals surface area (Å²) in [5.74, 6) is -5.49. The molecule has 1 aromatic carbocycles. The lowest BCUT2D eigenvalue weighted by Crippen LogP contribution is -2.35. The van der Waals surface area contributed by atoms with E-state index in [1.807, 2.05) is 0 Å². The van der Waals surface area contributed by atoms with E-state index in [9.17, 15) is 35.6 Å². The Morgan fingerprint density at radius 1 is 1.17 bits per heavy atom. The van der Waals surface area contributed by atoms with Crippen LogP contribution < -0.4 is 4.73 Å². The van der Waals surface area contributed by atoms with Crippen molar-refractivity contribution >= 4 is 20.9 Å². The third kappa shape index (κ3) is 3.30. The lowest BCUT2D eigenvalue weighted by molar-refractivity contribution is -0.897. The lowest BCUT2D eigenvalue weighted by atomic mass is 10.1. The van der Waals surface area contributed by atoms with Crippen LogP contribution in [0, 0.1) is 0 Å². The summed E-state index contributed by atoms with van der Waals surface area (Å²) in [6.07, 6.45) is -4.64. The highest BCUT2D eigenvalue weighted by atomic mass is 32.2. The SMILES string of the molecule is CCS(=O)(=O)c1ccc[n+](O)c1-c1nc2cc(C(F)(F)C(F)(F)F)ccc2n1C. The minimum absolute atomic E-state index is 0.123. The molecule has 0 radical (unpaired) electrons. The van der Waals surface area contributed by atoms with Crippen LogP contribution in [-0.2, 0) is 22.8 Å². The minimum atomic E-state index is -5.78. The molecule has 3 rings (SSSR count). The number of halogens is 5. The summed E-state index contributed by atoms with van der Waals surface area (Å²) < 4.78 is 91.9. The number of pyridine rings is 1. The van der Waals surface area contributed by atoms with Gasteiger partial charge < -0.3 is 4.57 Å². The van der Waals surface area contributed by atoms with E-state index in [0.29, 0.717) is 16.9 Å². The van der Waals surface area contributed by atoms with Gasteiger partial charge in [0.1, 0.15) is 4.90 Å². The van der Waals surface area contributed by atoms with Crippen molar-refractivity contribution in [3.63, 3.8) is 0 Å². The van der Waals surface area contributed by atoms with Gasteiger partial charge in [-0.3, -0.25) is 5.21 Å². The summed E-state index contributed by atoms with van der Waals surface area (Å²) in [5.41, 5.74) is -1.58. The van der Waals surface area contributed by atoms with Gasteiger partial charge in [0, 0.05) is 23.4 Å². The van der Waals surface area contributed by atoms with E-state index < -0.39 is 27.5 Å². The highest BCUT2D eigenvalue weighted by Crippen LogP contribution is 2.44. The van der Waals surface area contributed by atoms with Crippen LogP contribution in [-0.4, -0.2) is 35.1 Å². The zero-order valence-corrected chi connectivity index (χ0v) is 15.9. The molecule has 29 heavy (non-hydrogen) atoms. The fraction of sp³-hybridized carbons (Fsp3) is 0.294. The van der Waals surface area contributed by atoms with Crippen molar-refractivity contribution < 1.29 is 40.3 Å². The number of rotatable bonds is 4. The van der Waals surface area contributed by atoms with E-state index >= 15 is 0 Å². The second-order valence-corrected chi connectivity index (χ2v) is 8.49. The third-order valence-electron chi connectivity index (χ3n) is 4.46. The van der Waals surface area contributed by atoms with Crippen LogP contribution >= 0.6 is 0 Å². The lowest BCUT2D eigenvalue weighted by Gasteiger charge is -2.19. The molecule has 2 heterocycles. The maximum absolute atomic E-state index is 13.7. The van der Waals surface area contributed by atoms with Crippen LogP contribution in [0.2, 0.25) is 0 Å². The third-order valence-corrected chi connectivity index (χ3v) is 6.22. The molecule has 0 unspecified atom stereocenters. The van der Waals surface area contributed by atoms with Crippen LogP contribution in [0.25, 0.3) is 22.6 Å². The summed E-state index contributed by atoms with van der Waals surface area (Å²) >= 11 is 0. The van der Waals surface area contributed by atoms with Crippen molar-refractivity contribution in [3.8, 4) is 11.5 Å². The average Bonchev–Trinajstić information content (AvgIpc) is 2.96. The molecule has 0 saturated carbocycles. The van der Waals surface area contributed by atoms with Crippen LogP contribution in [0.15, 0.2) is 41.4 Å². The topological polar surface area (TPSA) is 76.1 Å². The first-order valence-corrected chi connectivity index (χ1v) is 9.85. The fourth-order valence-electron chi connectivity index (χ4n) is 2.87. The van der Waals surface area contributed by atoms with Gasteiger partial charge in [-0.1, -0.05) is 13.0 Å². The number of imidazole rings is 1. The molecular weight excluding hydrogens is 421 g/mol. The Balaban J connectivity index is 2.29. The van der Waals surface area contributed by atoms with Crippen molar-refractivity contribution in [2.24, 2.45) is 7.05 Å². The molecule has 0 spiro atoms. The molecule has 12 heteroatoms. The largest absolute Gasteiger partial charge is 0.458 e. The van der Waals surface area contributed by atoms with E-state index in [2.05, 4.69) is 4.98 Å².